The Labute approximate surface area is 137 Å². The van der Waals surface area contributed by atoms with Crippen molar-refractivity contribution in [3.05, 3.63) is 7.43 Å². The third-order valence-corrected chi connectivity index (χ3v) is 0.351. The van der Waals surface area contributed by atoms with Crippen molar-refractivity contribution < 1.29 is 71.8 Å². The minimum Gasteiger partial charge on any atom is -0.532 e. The van der Waals surface area contributed by atoms with Gasteiger partial charge in [-0.2, -0.15) is 12.8 Å². The van der Waals surface area contributed by atoms with Crippen molar-refractivity contribution in [2.75, 3.05) is 13.6 Å². The van der Waals surface area contributed by atoms with Crippen LogP contribution in [0.1, 0.15) is 21.8 Å². The summed E-state index contributed by atoms with van der Waals surface area (Å²) in [5, 5.41) is 4.43. The average molecular weight is 653 g/mol. The summed E-state index contributed by atoms with van der Waals surface area (Å²) >= 11 is 0. The van der Waals surface area contributed by atoms with E-state index < -0.39 is 0 Å². The van der Waals surface area contributed by atoms with Crippen molar-refractivity contribution in [3.63, 3.8) is 0 Å². The average Bonchev–Trinajstić information content (AvgIpc) is 1.91. The van der Waals surface area contributed by atoms with Crippen molar-refractivity contribution >= 4 is 12.8 Å². The zero-order valence-electron chi connectivity index (χ0n) is 7.52. The second-order valence-corrected chi connectivity index (χ2v) is 0.984. The number of hydrogen-bond acceptors (Lipinski definition) is 2. The van der Waals surface area contributed by atoms with Gasteiger partial charge in [-0.25, -0.2) is 0 Å². The predicted octanol–water partition coefficient (Wildman–Crippen LogP) is 0.659. The van der Waals surface area contributed by atoms with Crippen LogP contribution < -0.4 is 10.6 Å². The maximum atomic E-state index is 9.17. The molecule has 0 aromatic heterocycles. The van der Waals surface area contributed by atoms with Crippen LogP contribution in [0.15, 0.2) is 0 Å². The molecule has 0 heterocycles. The Hall–Kier alpha value is 1.04. The van der Waals surface area contributed by atoms with E-state index in [9.17, 15) is 0 Å². The number of amides is 2. The summed E-state index contributed by atoms with van der Waals surface area (Å²) in [4.78, 5) is 18.1. The molecular weight excluding hydrogens is 632 g/mol. The van der Waals surface area contributed by atoms with E-state index in [0.29, 0.717) is 6.54 Å². The largest absolute Gasteiger partial charge is 2.00 e. The van der Waals surface area contributed by atoms with Crippen molar-refractivity contribution in [1.29, 1.82) is 0 Å². The Bertz CT molecular complexity index is 76.4. The molecule has 84 valence electrons. The van der Waals surface area contributed by atoms with Gasteiger partial charge in [-0.05, 0) is 13.6 Å². The van der Waals surface area contributed by atoms with Crippen LogP contribution in [-0.2, 0) is 9.59 Å². The molecule has 0 aromatic carbocycles. The zero-order chi connectivity index (χ0) is 7.54. The molecule has 0 rings (SSSR count). The van der Waals surface area contributed by atoms with Crippen LogP contribution in [0.2, 0.25) is 0 Å². The molecule has 0 radical (unpaired) electrons. The molecule has 0 saturated carbocycles. The topological polar surface area (TPSA) is 58.2 Å². The molecule has 0 fully saturated rings. The third-order valence-electron chi connectivity index (χ3n) is 0.351. The van der Waals surface area contributed by atoms with Gasteiger partial charge in [-0.1, -0.05) is 21.8 Å². The fourth-order valence-corrected chi connectivity index (χ4v) is 0.0722. The van der Waals surface area contributed by atoms with Gasteiger partial charge in [-0.3, -0.25) is 0 Å². The van der Waals surface area contributed by atoms with Gasteiger partial charge in [0.15, 0.2) is 0 Å². The minimum atomic E-state index is 0. The number of carbonyl (C=O) groups excluding carboxylic acids is 2. The van der Waals surface area contributed by atoms with Crippen LogP contribution in [0.5, 0.6) is 0 Å². The minimum absolute atomic E-state index is 0. The van der Waals surface area contributed by atoms with Gasteiger partial charge in [0.05, 0.1) is 0 Å². The molecule has 0 aliphatic carbocycles. The number of rotatable bonds is 3. The number of hydrogen-bond donors (Lipinski definition) is 2. The predicted molar refractivity (Wildman–Crippen MR) is 54.0 cm³/mol. The van der Waals surface area contributed by atoms with E-state index in [0.717, 1.165) is 0 Å². The Morgan fingerprint density at radius 3 is 1.43 bits per heavy atom. The van der Waals surface area contributed by atoms with Gasteiger partial charge in [0.2, 0.25) is 0 Å². The van der Waals surface area contributed by atoms with Gasteiger partial charge >= 0.3 is 31.1 Å². The van der Waals surface area contributed by atoms with Crippen molar-refractivity contribution in [1.82, 2.24) is 10.6 Å². The van der Waals surface area contributed by atoms with E-state index in [-0.39, 0.29) is 84.5 Å². The van der Waals surface area contributed by atoms with Crippen molar-refractivity contribution in [2.24, 2.45) is 0 Å². The first kappa shape index (κ1) is 45.9. The SMILES string of the molecule is C.C.CCN[C-]=O.CN[C-]=O.[CH3-].[U+2].[U]. The second kappa shape index (κ2) is 65.4. The summed E-state index contributed by atoms with van der Waals surface area (Å²) in [5.41, 5.74) is 0. The van der Waals surface area contributed by atoms with E-state index >= 15 is 0 Å². The Kier molecular flexibility index (Phi) is 214. The number of nitrogens with one attached hydrogen (secondary N) is 2. The molecule has 0 unspecified atom stereocenters. The summed E-state index contributed by atoms with van der Waals surface area (Å²) in [6.45, 7) is 2.51. The van der Waals surface area contributed by atoms with Crippen LogP contribution in [0, 0.1) is 69.7 Å². The van der Waals surface area contributed by atoms with Crippen molar-refractivity contribution in [2.45, 2.75) is 21.8 Å². The fourth-order valence-electron chi connectivity index (χ4n) is 0.0722. The van der Waals surface area contributed by atoms with Gasteiger partial charge in [0.1, 0.15) is 0 Å². The quantitative estimate of drug-likeness (QED) is 0.348. The smallest absolute Gasteiger partial charge is 0.532 e. The molecule has 0 bridgehead atoms. The first-order valence-electron chi connectivity index (χ1n) is 2.47. The fraction of sp³-hybridized carbons (Fsp3) is 0.625. The van der Waals surface area contributed by atoms with Crippen LogP contribution in [0.3, 0.4) is 0 Å². The van der Waals surface area contributed by atoms with E-state index in [1.54, 1.807) is 0 Å². The first-order valence-corrected chi connectivity index (χ1v) is 2.47. The molecule has 0 saturated heterocycles. The molecule has 6 heteroatoms. The Balaban J connectivity index is -0.0000000104. The normalized spacial score (nSPS) is 3.86. The van der Waals surface area contributed by atoms with Gasteiger partial charge < -0.3 is 27.6 Å². The zero-order valence-corrected chi connectivity index (χ0v) is 15.9. The molecule has 0 aliphatic rings. The molecule has 0 aromatic rings. The second-order valence-electron chi connectivity index (χ2n) is 0.984. The van der Waals surface area contributed by atoms with Crippen LogP contribution >= 0.6 is 0 Å². The van der Waals surface area contributed by atoms with E-state index in [2.05, 4.69) is 10.6 Å². The molecule has 0 aliphatic heterocycles. The summed E-state index contributed by atoms with van der Waals surface area (Å²) in [6, 6.07) is 0. The Morgan fingerprint density at radius 1 is 1.14 bits per heavy atom. The van der Waals surface area contributed by atoms with E-state index in [1.807, 2.05) is 6.92 Å². The Morgan fingerprint density at radius 2 is 1.43 bits per heavy atom. The molecule has 4 nitrogen and oxygen atoms in total. The standard InChI is InChI=1S/C3H6NO.C2H4NO.2CH4.CH3.2U/c1-2-4-3-5;1-3-2-4;;;;;/h2H2,1H3,(H,4,5);1H3,(H,3,4);2*1H4;1H3;;/q2*-1;;;-1;;+2. The summed E-state index contributed by atoms with van der Waals surface area (Å²) in [6.07, 6.45) is 2.95. The van der Waals surface area contributed by atoms with Crippen molar-refractivity contribution in [3.8, 4) is 0 Å². The first-order chi connectivity index (χ1) is 4.33. The van der Waals surface area contributed by atoms with Crippen LogP contribution in [0.25, 0.3) is 0 Å². The molecule has 0 spiro atoms. The van der Waals surface area contributed by atoms with Gasteiger partial charge in [0.25, 0.3) is 0 Å². The molecule has 2 N–H and O–H groups in total. The summed E-state index contributed by atoms with van der Waals surface area (Å²) < 4.78 is 0. The van der Waals surface area contributed by atoms with E-state index in [1.165, 1.54) is 19.9 Å². The van der Waals surface area contributed by atoms with Crippen LogP contribution in [-0.4, -0.2) is 26.4 Å². The maximum Gasteiger partial charge on any atom is 2.00 e. The van der Waals surface area contributed by atoms with E-state index in [4.69, 9.17) is 9.59 Å². The maximum absolute atomic E-state index is 9.17. The molecular formula is C8H21N2O2U2-. The summed E-state index contributed by atoms with van der Waals surface area (Å²) in [5.74, 6) is 0. The molecule has 2 amide bonds. The molecule has 14 heavy (non-hydrogen) atoms. The molecule has 0 atom stereocenters. The monoisotopic (exact) mass is 653 g/mol. The van der Waals surface area contributed by atoms with Gasteiger partial charge in [-0.15, -0.1) is 0 Å². The third kappa shape index (κ3) is 116. The van der Waals surface area contributed by atoms with Gasteiger partial charge in [0, 0.05) is 31.1 Å². The van der Waals surface area contributed by atoms with Crippen LogP contribution in [0.4, 0.5) is 0 Å². The summed E-state index contributed by atoms with van der Waals surface area (Å²) in [7, 11) is 1.51.